The van der Waals surface area contributed by atoms with Crippen molar-refractivity contribution >= 4 is 29.4 Å². The Bertz CT molecular complexity index is 868. The molecule has 28 heavy (non-hydrogen) atoms. The van der Waals surface area contributed by atoms with Crippen LogP contribution in [0.4, 0.5) is 0 Å². The fourth-order valence-electron chi connectivity index (χ4n) is 3.52. The van der Waals surface area contributed by atoms with Gasteiger partial charge in [0.15, 0.2) is 0 Å². The normalized spacial score (nSPS) is 14.4. The Hall–Kier alpha value is -2.01. The van der Waals surface area contributed by atoms with Gasteiger partial charge in [-0.05, 0) is 26.3 Å². The van der Waals surface area contributed by atoms with Crippen LogP contribution in [-0.2, 0) is 11.0 Å². The highest BCUT2D eigenvalue weighted by atomic mass is 32.2. The van der Waals surface area contributed by atoms with E-state index in [4.69, 9.17) is 0 Å². The van der Waals surface area contributed by atoms with Gasteiger partial charge in [-0.3, -0.25) is 0 Å². The van der Waals surface area contributed by atoms with Crippen LogP contribution in [0, 0.1) is 0 Å². The SMILES string of the molecule is CC(C)(C)[S@@](=O)N[C@@H](c1ccccc1)[Si](C)(c1ccccc1)c1ccccc1. The molecule has 0 aliphatic rings. The number of hydrogen-bond donors (Lipinski definition) is 1. The van der Waals surface area contributed by atoms with Gasteiger partial charge in [-0.15, -0.1) is 0 Å². The Labute approximate surface area is 172 Å². The summed E-state index contributed by atoms with van der Waals surface area (Å²) in [4.78, 5) is 0. The van der Waals surface area contributed by atoms with Crippen molar-refractivity contribution in [3.63, 3.8) is 0 Å². The number of hydrogen-bond acceptors (Lipinski definition) is 1. The highest BCUT2D eigenvalue weighted by Crippen LogP contribution is 2.27. The second kappa shape index (κ2) is 8.56. The third kappa shape index (κ3) is 4.35. The predicted octanol–water partition coefficient (Wildman–Crippen LogP) is 4.21. The molecule has 0 fully saturated rings. The van der Waals surface area contributed by atoms with Crippen LogP contribution in [-0.4, -0.2) is 17.0 Å². The molecule has 4 heteroatoms. The molecule has 1 N–H and O–H groups in total. The molecule has 0 aliphatic heterocycles. The lowest BCUT2D eigenvalue weighted by Crippen LogP contribution is -2.64. The Morgan fingerprint density at radius 3 is 1.54 bits per heavy atom. The summed E-state index contributed by atoms with van der Waals surface area (Å²) < 4.78 is 16.4. The van der Waals surface area contributed by atoms with Gasteiger partial charge in [0.1, 0.15) is 8.07 Å². The van der Waals surface area contributed by atoms with Crippen LogP contribution in [0.2, 0.25) is 6.55 Å². The second-order valence-corrected chi connectivity index (χ2v) is 14.4. The van der Waals surface area contributed by atoms with E-state index in [9.17, 15) is 4.21 Å². The molecular weight excluding hydrogens is 378 g/mol. The van der Waals surface area contributed by atoms with Gasteiger partial charge in [-0.1, -0.05) is 108 Å². The highest BCUT2D eigenvalue weighted by Gasteiger charge is 2.43. The van der Waals surface area contributed by atoms with Crippen LogP contribution in [0.3, 0.4) is 0 Å². The zero-order valence-corrected chi connectivity index (χ0v) is 18.9. The van der Waals surface area contributed by atoms with Gasteiger partial charge in [0.2, 0.25) is 0 Å². The second-order valence-electron chi connectivity index (χ2n) is 8.28. The van der Waals surface area contributed by atoms with Gasteiger partial charge in [-0.25, -0.2) is 8.93 Å². The minimum Gasteiger partial charge on any atom is -0.242 e. The molecule has 0 heterocycles. The summed E-state index contributed by atoms with van der Waals surface area (Å²) in [5, 5.41) is 2.65. The van der Waals surface area contributed by atoms with Crippen molar-refractivity contribution in [2.24, 2.45) is 0 Å². The lowest BCUT2D eigenvalue weighted by molar-refractivity contribution is 0.631. The van der Waals surface area contributed by atoms with Crippen molar-refractivity contribution in [1.29, 1.82) is 0 Å². The van der Waals surface area contributed by atoms with E-state index in [-0.39, 0.29) is 10.4 Å². The third-order valence-electron chi connectivity index (χ3n) is 5.24. The van der Waals surface area contributed by atoms with Crippen LogP contribution in [0.1, 0.15) is 32.0 Å². The van der Waals surface area contributed by atoms with Crippen molar-refractivity contribution in [1.82, 2.24) is 4.72 Å². The average Bonchev–Trinajstić information content (AvgIpc) is 2.72. The van der Waals surface area contributed by atoms with Crippen molar-refractivity contribution in [3.8, 4) is 0 Å². The Morgan fingerprint density at radius 2 is 1.14 bits per heavy atom. The summed E-state index contributed by atoms with van der Waals surface area (Å²) in [6.07, 6.45) is 0. The quantitative estimate of drug-likeness (QED) is 0.609. The van der Waals surface area contributed by atoms with E-state index in [1.807, 2.05) is 26.8 Å². The summed E-state index contributed by atoms with van der Waals surface area (Å²) in [7, 11) is -3.49. The molecule has 0 bridgehead atoms. The van der Waals surface area contributed by atoms with Gasteiger partial charge < -0.3 is 0 Å². The summed E-state index contributed by atoms with van der Waals surface area (Å²) >= 11 is 0. The van der Waals surface area contributed by atoms with Crippen LogP contribution in [0.15, 0.2) is 91.0 Å². The molecule has 0 amide bonds. The molecule has 0 aliphatic carbocycles. The summed E-state index contributed by atoms with van der Waals surface area (Å²) in [6, 6.07) is 31.9. The molecule has 3 aromatic rings. The van der Waals surface area contributed by atoms with E-state index in [2.05, 4.69) is 96.2 Å². The molecule has 146 valence electrons. The zero-order valence-electron chi connectivity index (χ0n) is 17.1. The van der Waals surface area contributed by atoms with Gasteiger partial charge in [0, 0.05) is 5.67 Å². The molecule has 3 aromatic carbocycles. The maximum absolute atomic E-state index is 13.2. The van der Waals surface area contributed by atoms with Crippen LogP contribution in [0.25, 0.3) is 0 Å². The van der Waals surface area contributed by atoms with Crippen LogP contribution >= 0.6 is 0 Å². The van der Waals surface area contributed by atoms with Crippen molar-refractivity contribution in [3.05, 3.63) is 96.6 Å². The minimum atomic E-state index is -2.32. The van der Waals surface area contributed by atoms with E-state index >= 15 is 0 Å². The van der Waals surface area contributed by atoms with Gasteiger partial charge >= 0.3 is 0 Å². The molecule has 0 saturated heterocycles. The molecule has 2 atom stereocenters. The summed E-state index contributed by atoms with van der Waals surface area (Å²) in [6.45, 7) is 8.43. The minimum absolute atomic E-state index is 0.0152. The first kappa shape index (κ1) is 20.7. The van der Waals surface area contributed by atoms with Crippen molar-refractivity contribution in [2.45, 2.75) is 37.7 Å². The van der Waals surface area contributed by atoms with Gasteiger partial charge in [0.25, 0.3) is 0 Å². The highest BCUT2D eigenvalue weighted by molar-refractivity contribution is 7.84. The molecule has 0 unspecified atom stereocenters. The van der Waals surface area contributed by atoms with Crippen LogP contribution < -0.4 is 15.1 Å². The lowest BCUT2D eigenvalue weighted by atomic mass is 10.2. The van der Waals surface area contributed by atoms with E-state index < -0.39 is 19.1 Å². The maximum atomic E-state index is 13.2. The summed E-state index contributed by atoms with van der Waals surface area (Å²) in [5.74, 6) is 0. The third-order valence-corrected chi connectivity index (χ3v) is 11.7. The molecule has 0 radical (unpaired) electrons. The largest absolute Gasteiger partial charge is 0.242 e. The molecular formula is C24H29NOSSi. The Kier molecular flexibility index (Phi) is 6.33. The van der Waals surface area contributed by atoms with Gasteiger partial charge in [0.05, 0.1) is 15.7 Å². The first-order valence-corrected chi connectivity index (χ1v) is 13.4. The Morgan fingerprint density at radius 1 is 0.750 bits per heavy atom. The monoisotopic (exact) mass is 407 g/mol. The van der Waals surface area contributed by atoms with Gasteiger partial charge in [-0.2, -0.15) is 0 Å². The number of benzene rings is 3. The van der Waals surface area contributed by atoms with Crippen molar-refractivity contribution < 1.29 is 4.21 Å². The first-order valence-electron chi connectivity index (χ1n) is 9.67. The molecule has 3 rings (SSSR count). The summed E-state index contributed by atoms with van der Waals surface area (Å²) in [5.41, 5.74) is 1.17. The van der Waals surface area contributed by atoms with E-state index in [1.165, 1.54) is 15.9 Å². The van der Waals surface area contributed by atoms with E-state index in [1.54, 1.807) is 0 Å². The Balaban J connectivity index is 2.21. The van der Waals surface area contributed by atoms with Crippen molar-refractivity contribution in [2.75, 3.05) is 0 Å². The smallest absolute Gasteiger partial charge is 0.138 e. The molecule has 0 spiro atoms. The fourth-order valence-corrected chi connectivity index (χ4v) is 9.11. The van der Waals surface area contributed by atoms with E-state index in [0.29, 0.717) is 0 Å². The fraction of sp³-hybridized carbons (Fsp3) is 0.250. The topological polar surface area (TPSA) is 29.1 Å². The zero-order chi connectivity index (χ0) is 20.2. The van der Waals surface area contributed by atoms with Crippen LogP contribution in [0.5, 0.6) is 0 Å². The predicted molar refractivity (Wildman–Crippen MR) is 124 cm³/mol. The lowest BCUT2D eigenvalue weighted by Gasteiger charge is -2.38. The average molecular weight is 408 g/mol. The van der Waals surface area contributed by atoms with E-state index in [0.717, 1.165) is 0 Å². The first-order chi connectivity index (χ1) is 13.3. The molecule has 0 aromatic heterocycles. The maximum Gasteiger partial charge on any atom is 0.138 e. The number of nitrogens with one attached hydrogen (secondary N) is 1. The molecule has 2 nitrogen and oxygen atoms in total. The standard InChI is InChI=1S/C24H29NOSSi/c1-24(2,3)27(26)25-23(20-14-8-5-9-15-20)28(4,21-16-10-6-11-17-21)22-18-12-7-13-19-22/h5-19,23,25H,1-4H3/t23-,27-/m1/s1. The number of rotatable bonds is 6. The molecule has 0 saturated carbocycles.